The minimum absolute atomic E-state index is 0.191. The Bertz CT molecular complexity index is 1220. The zero-order valence-electron chi connectivity index (χ0n) is 15.9. The van der Waals surface area contributed by atoms with Gasteiger partial charge >= 0.3 is 10.2 Å². The van der Waals surface area contributed by atoms with Crippen molar-refractivity contribution in [1.82, 2.24) is 18.9 Å². The van der Waals surface area contributed by atoms with Crippen LogP contribution in [0.15, 0.2) is 30.5 Å². The molecule has 1 saturated carbocycles. The summed E-state index contributed by atoms with van der Waals surface area (Å²) in [5.41, 5.74) is 2.64. The zero-order valence-corrected chi connectivity index (χ0v) is 18.2. The SMILES string of the molecule is O=S(=O)(Nc1nnc2cc(COc3ccc(Cl)c(Cl)c3)c(C3CC3)cn12)N1CCC1. The third-order valence-corrected chi connectivity index (χ3v) is 7.57. The second-order valence-electron chi connectivity index (χ2n) is 7.50. The first-order valence-corrected chi connectivity index (χ1v) is 11.8. The van der Waals surface area contributed by atoms with Crippen LogP contribution in [-0.4, -0.2) is 40.4 Å². The molecule has 0 unspecified atom stereocenters. The number of halogens is 2. The third-order valence-electron chi connectivity index (χ3n) is 5.34. The Morgan fingerprint density at radius 1 is 1.13 bits per heavy atom. The van der Waals surface area contributed by atoms with Gasteiger partial charge in [0.15, 0.2) is 5.65 Å². The number of fused-ring (bicyclic) bond motifs is 1. The van der Waals surface area contributed by atoms with Gasteiger partial charge in [0.1, 0.15) is 12.4 Å². The Hall–Kier alpha value is -2.07. The summed E-state index contributed by atoms with van der Waals surface area (Å²) in [5, 5.41) is 9.09. The molecule has 8 nitrogen and oxygen atoms in total. The molecule has 1 aliphatic carbocycles. The summed E-state index contributed by atoms with van der Waals surface area (Å²) >= 11 is 12.0. The van der Waals surface area contributed by atoms with E-state index in [0.717, 1.165) is 30.4 Å². The lowest BCUT2D eigenvalue weighted by Crippen LogP contribution is -2.45. The topological polar surface area (TPSA) is 88.8 Å². The number of hydrogen-bond acceptors (Lipinski definition) is 5. The van der Waals surface area contributed by atoms with Crippen LogP contribution in [0.3, 0.4) is 0 Å². The predicted octanol–water partition coefficient (Wildman–Crippen LogP) is 3.85. The van der Waals surface area contributed by atoms with E-state index in [1.165, 1.54) is 4.31 Å². The van der Waals surface area contributed by atoms with Gasteiger partial charge in [-0.05, 0) is 54.5 Å². The maximum absolute atomic E-state index is 12.4. The smallest absolute Gasteiger partial charge is 0.303 e. The standard InChI is InChI=1S/C19H19Cl2N5O3S/c20-16-5-4-14(9-17(16)21)29-11-13-8-18-22-23-19(24-30(27,28)25-6-1-7-25)26(18)10-15(13)12-2-3-12/h4-5,8-10,12H,1-3,6-7,11H2,(H,23,24). The van der Waals surface area contributed by atoms with E-state index in [0.29, 0.717) is 47.1 Å². The van der Waals surface area contributed by atoms with Gasteiger partial charge in [0.05, 0.1) is 10.0 Å². The lowest BCUT2D eigenvalue weighted by atomic mass is 10.1. The molecule has 0 spiro atoms. The van der Waals surface area contributed by atoms with Crippen molar-refractivity contribution in [3.8, 4) is 5.75 Å². The largest absolute Gasteiger partial charge is 0.489 e. The molecule has 1 aromatic carbocycles. The molecule has 158 valence electrons. The van der Waals surface area contributed by atoms with Crippen LogP contribution >= 0.6 is 23.2 Å². The molecule has 30 heavy (non-hydrogen) atoms. The monoisotopic (exact) mass is 467 g/mol. The average molecular weight is 468 g/mol. The predicted molar refractivity (Wildman–Crippen MR) is 114 cm³/mol. The van der Waals surface area contributed by atoms with Crippen molar-refractivity contribution in [2.24, 2.45) is 0 Å². The molecule has 3 aromatic rings. The molecule has 1 aliphatic heterocycles. The summed E-state index contributed by atoms with van der Waals surface area (Å²) in [7, 11) is -3.61. The van der Waals surface area contributed by atoms with Crippen LogP contribution in [0, 0.1) is 0 Å². The fourth-order valence-corrected chi connectivity index (χ4v) is 4.91. The summed E-state index contributed by atoms with van der Waals surface area (Å²) in [6, 6.07) is 7.03. The van der Waals surface area contributed by atoms with Gasteiger partial charge in [0.25, 0.3) is 0 Å². The lowest BCUT2D eigenvalue weighted by molar-refractivity contribution is 0.305. The summed E-state index contributed by atoms with van der Waals surface area (Å²) in [6.45, 7) is 1.38. The van der Waals surface area contributed by atoms with E-state index in [-0.39, 0.29) is 5.95 Å². The van der Waals surface area contributed by atoms with Crippen molar-refractivity contribution in [2.45, 2.75) is 31.8 Å². The van der Waals surface area contributed by atoms with Crippen molar-refractivity contribution in [3.05, 3.63) is 51.6 Å². The summed E-state index contributed by atoms with van der Waals surface area (Å²) in [5.74, 6) is 1.23. The Kier molecular flexibility index (Phi) is 5.01. The van der Waals surface area contributed by atoms with Crippen LogP contribution in [0.1, 0.15) is 36.3 Å². The van der Waals surface area contributed by atoms with Crippen molar-refractivity contribution >= 4 is 45.0 Å². The van der Waals surface area contributed by atoms with Crippen molar-refractivity contribution in [1.29, 1.82) is 0 Å². The maximum Gasteiger partial charge on any atom is 0.303 e. The van der Waals surface area contributed by atoms with Crippen LogP contribution in [0.4, 0.5) is 5.95 Å². The number of nitrogens with one attached hydrogen (secondary N) is 1. The molecule has 2 aromatic heterocycles. The van der Waals surface area contributed by atoms with Gasteiger partial charge in [0.2, 0.25) is 5.95 Å². The Morgan fingerprint density at radius 2 is 1.93 bits per heavy atom. The molecule has 11 heteroatoms. The second-order valence-corrected chi connectivity index (χ2v) is 9.99. The number of ether oxygens (including phenoxy) is 1. The molecule has 3 heterocycles. The first-order chi connectivity index (χ1) is 14.4. The highest BCUT2D eigenvalue weighted by molar-refractivity contribution is 7.90. The van der Waals surface area contributed by atoms with Gasteiger partial charge < -0.3 is 4.74 Å². The van der Waals surface area contributed by atoms with Crippen molar-refractivity contribution in [2.75, 3.05) is 17.8 Å². The Labute approximate surface area is 183 Å². The van der Waals surface area contributed by atoms with Crippen LogP contribution in [0.5, 0.6) is 5.75 Å². The summed E-state index contributed by atoms with van der Waals surface area (Å²) in [6.07, 6.45) is 4.95. The number of hydrogen-bond donors (Lipinski definition) is 1. The van der Waals surface area contributed by atoms with Gasteiger partial charge in [-0.1, -0.05) is 23.2 Å². The number of nitrogens with zero attached hydrogens (tertiary/aromatic N) is 4. The Morgan fingerprint density at radius 3 is 2.60 bits per heavy atom. The molecule has 0 atom stereocenters. The Balaban J connectivity index is 1.43. The molecule has 1 N–H and O–H groups in total. The average Bonchev–Trinajstić information content (AvgIpc) is 3.43. The minimum atomic E-state index is -3.61. The summed E-state index contributed by atoms with van der Waals surface area (Å²) in [4.78, 5) is 0. The number of aromatic nitrogens is 3. The van der Waals surface area contributed by atoms with E-state index in [1.54, 1.807) is 22.6 Å². The van der Waals surface area contributed by atoms with Crippen molar-refractivity contribution in [3.63, 3.8) is 0 Å². The quantitative estimate of drug-likeness (QED) is 0.569. The minimum Gasteiger partial charge on any atom is -0.489 e. The molecular formula is C19H19Cl2N5O3S. The van der Waals surface area contributed by atoms with Gasteiger partial charge in [0, 0.05) is 25.4 Å². The normalized spacial score (nSPS) is 17.1. The zero-order chi connectivity index (χ0) is 20.9. The van der Waals surface area contributed by atoms with E-state index in [9.17, 15) is 8.42 Å². The molecular weight excluding hydrogens is 449 g/mol. The maximum atomic E-state index is 12.4. The van der Waals surface area contributed by atoms with E-state index in [2.05, 4.69) is 14.9 Å². The molecule has 5 rings (SSSR count). The molecule has 0 amide bonds. The van der Waals surface area contributed by atoms with Crippen LogP contribution < -0.4 is 9.46 Å². The molecule has 1 saturated heterocycles. The van der Waals surface area contributed by atoms with E-state index >= 15 is 0 Å². The second kappa shape index (κ2) is 7.56. The number of benzene rings is 1. The van der Waals surface area contributed by atoms with Gasteiger partial charge in [-0.3, -0.25) is 4.40 Å². The van der Waals surface area contributed by atoms with Crippen LogP contribution in [0.2, 0.25) is 10.0 Å². The van der Waals surface area contributed by atoms with E-state index in [4.69, 9.17) is 27.9 Å². The number of pyridine rings is 1. The first-order valence-electron chi connectivity index (χ1n) is 9.64. The highest BCUT2D eigenvalue weighted by Gasteiger charge is 2.30. The van der Waals surface area contributed by atoms with E-state index in [1.807, 2.05) is 12.3 Å². The first kappa shape index (κ1) is 19.9. The van der Waals surface area contributed by atoms with Crippen molar-refractivity contribution < 1.29 is 13.2 Å². The number of anilines is 1. The molecule has 2 fully saturated rings. The van der Waals surface area contributed by atoms with Gasteiger partial charge in [-0.25, -0.2) is 4.72 Å². The van der Waals surface area contributed by atoms with Crippen LogP contribution in [0.25, 0.3) is 5.65 Å². The van der Waals surface area contributed by atoms with E-state index < -0.39 is 10.2 Å². The fraction of sp³-hybridized carbons (Fsp3) is 0.368. The summed E-state index contributed by atoms with van der Waals surface area (Å²) < 4.78 is 36.4. The fourth-order valence-electron chi connectivity index (χ4n) is 3.38. The van der Waals surface area contributed by atoms with Gasteiger partial charge in [-0.15, -0.1) is 10.2 Å². The molecule has 0 radical (unpaired) electrons. The molecule has 0 bridgehead atoms. The molecule has 2 aliphatic rings. The van der Waals surface area contributed by atoms with Gasteiger partial charge in [-0.2, -0.15) is 12.7 Å². The van der Waals surface area contributed by atoms with Crippen LogP contribution in [-0.2, 0) is 16.8 Å². The number of rotatable bonds is 7. The highest BCUT2D eigenvalue weighted by Crippen LogP contribution is 2.42. The third kappa shape index (κ3) is 3.82. The highest BCUT2D eigenvalue weighted by atomic mass is 35.5. The lowest BCUT2D eigenvalue weighted by Gasteiger charge is -2.29.